The number of hydrogen-bond donors (Lipinski definition) is 1. The first kappa shape index (κ1) is 18.0. The number of carbonyl (C=O) groups excluding carboxylic acids is 1. The molecule has 2 aliphatic rings. The molecule has 1 aromatic rings. The highest BCUT2D eigenvalue weighted by atomic mass is 32.2. The van der Waals surface area contributed by atoms with Crippen molar-refractivity contribution in [3.8, 4) is 11.5 Å². The highest BCUT2D eigenvalue weighted by Crippen LogP contribution is 2.30. The number of nitrogens with zero attached hydrogens (tertiary/aromatic N) is 1. The van der Waals surface area contributed by atoms with Crippen molar-refractivity contribution < 1.29 is 22.7 Å². The molecule has 138 valence electrons. The van der Waals surface area contributed by atoms with E-state index in [1.165, 1.54) is 4.31 Å². The van der Waals surface area contributed by atoms with Gasteiger partial charge >= 0.3 is 0 Å². The Labute approximate surface area is 148 Å². The van der Waals surface area contributed by atoms with Crippen LogP contribution in [0.4, 0.5) is 0 Å². The fourth-order valence-corrected chi connectivity index (χ4v) is 4.29. The minimum absolute atomic E-state index is 0.0635. The summed E-state index contributed by atoms with van der Waals surface area (Å²) in [5.41, 5.74) is 0. The van der Waals surface area contributed by atoms with Gasteiger partial charge in [0.05, 0.1) is 18.2 Å². The highest BCUT2D eigenvalue weighted by molar-refractivity contribution is 7.89. The number of nitrogens with one attached hydrogen (secondary N) is 1. The van der Waals surface area contributed by atoms with E-state index in [0.717, 1.165) is 0 Å². The van der Waals surface area contributed by atoms with Crippen LogP contribution in [0.15, 0.2) is 24.3 Å². The van der Waals surface area contributed by atoms with Crippen molar-refractivity contribution in [1.29, 1.82) is 0 Å². The fraction of sp³-hybridized carbons (Fsp3) is 0.588. The van der Waals surface area contributed by atoms with Crippen LogP contribution in [-0.2, 0) is 14.8 Å². The third kappa shape index (κ3) is 4.24. The van der Waals surface area contributed by atoms with Crippen LogP contribution in [0.2, 0.25) is 0 Å². The Morgan fingerprint density at radius 3 is 2.84 bits per heavy atom. The number of piperidine rings is 1. The van der Waals surface area contributed by atoms with Crippen molar-refractivity contribution in [3.05, 3.63) is 24.3 Å². The third-order valence-electron chi connectivity index (χ3n) is 4.58. The fourth-order valence-electron chi connectivity index (χ4n) is 3.11. The highest BCUT2D eigenvalue weighted by Gasteiger charge is 2.32. The SMILES string of the molecule is CCS(=O)(=O)N1CCC[C@H](C(=O)NC[C@@H]2COc3ccccc3O2)C1. The van der Waals surface area contributed by atoms with E-state index in [1.54, 1.807) is 6.92 Å². The largest absolute Gasteiger partial charge is 0.486 e. The van der Waals surface area contributed by atoms with Gasteiger partial charge in [0.15, 0.2) is 11.5 Å². The summed E-state index contributed by atoms with van der Waals surface area (Å²) in [5.74, 6) is 1.00. The van der Waals surface area contributed by atoms with Crippen LogP contribution in [0, 0.1) is 5.92 Å². The summed E-state index contributed by atoms with van der Waals surface area (Å²) in [6, 6.07) is 7.42. The second-order valence-corrected chi connectivity index (χ2v) is 8.60. The lowest BCUT2D eigenvalue weighted by Crippen LogP contribution is -2.48. The summed E-state index contributed by atoms with van der Waals surface area (Å²) in [5, 5.41) is 2.88. The maximum Gasteiger partial charge on any atom is 0.224 e. The molecule has 1 fully saturated rings. The number of sulfonamides is 1. The summed E-state index contributed by atoms with van der Waals surface area (Å²) in [4.78, 5) is 12.4. The van der Waals surface area contributed by atoms with Crippen LogP contribution in [0.1, 0.15) is 19.8 Å². The number of ether oxygens (including phenoxy) is 2. The molecule has 0 saturated carbocycles. The van der Waals surface area contributed by atoms with E-state index in [9.17, 15) is 13.2 Å². The van der Waals surface area contributed by atoms with Gasteiger partial charge in [-0.25, -0.2) is 12.7 Å². The van der Waals surface area contributed by atoms with Crippen LogP contribution < -0.4 is 14.8 Å². The zero-order valence-electron chi connectivity index (χ0n) is 14.3. The van der Waals surface area contributed by atoms with Gasteiger partial charge in [-0.2, -0.15) is 0 Å². The van der Waals surface area contributed by atoms with E-state index in [-0.39, 0.29) is 30.2 Å². The van der Waals surface area contributed by atoms with E-state index in [0.29, 0.717) is 44.0 Å². The standard InChI is InChI=1S/C17H24N2O5S/c1-2-25(21,22)19-9-5-6-13(11-19)17(20)18-10-14-12-23-15-7-3-4-8-16(15)24-14/h3-4,7-8,13-14H,2,5-6,9-12H2,1H3,(H,18,20)/t13-,14+/m0/s1. The summed E-state index contributed by atoms with van der Waals surface area (Å²) >= 11 is 0. The molecule has 8 heteroatoms. The van der Waals surface area contributed by atoms with Gasteiger partial charge in [-0.15, -0.1) is 0 Å². The van der Waals surface area contributed by atoms with Gasteiger partial charge in [0.2, 0.25) is 15.9 Å². The summed E-state index contributed by atoms with van der Waals surface area (Å²) in [6.07, 6.45) is 1.15. The number of fused-ring (bicyclic) bond motifs is 1. The first-order valence-electron chi connectivity index (χ1n) is 8.63. The molecule has 1 aromatic carbocycles. The number of hydrogen-bond acceptors (Lipinski definition) is 5. The van der Waals surface area contributed by atoms with Gasteiger partial charge in [0.25, 0.3) is 0 Å². The average molecular weight is 368 g/mol. The Hall–Kier alpha value is -1.80. The first-order valence-corrected chi connectivity index (χ1v) is 10.2. The molecule has 1 amide bonds. The van der Waals surface area contributed by atoms with Gasteiger partial charge in [0, 0.05) is 13.1 Å². The Morgan fingerprint density at radius 1 is 1.32 bits per heavy atom. The molecule has 1 N–H and O–H groups in total. The molecule has 2 atom stereocenters. The number of carbonyl (C=O) groups is 1. The summed E-state index contributed by atoms with van der Waals surface area (Å²) in [6.45, 7) is 3.09. The quantitative estimate of drug-likeness (QED) is 0.838. The predicted octanol–water partition coefficient (Wildman–Crippen LogP) is 1.00. The summed E-state index contributed by atoms with van der Waals surface area (Å²) < 4.78 is 36.9. The molecule has 2 heterocycles. The van der Waals surface area contributed by atoms with E-state index < -0.39 is 10.0 Å². The smallest absolute Gasteiger partial charge is 0.224 e. The van der Waals surface area contributed by atoms with Gasteiger partial charge in [-0.3, -0.25) is 4.79 Å². The number of para-hydroxylation sites is 2. The van der Waals surface area contributed by atoms with Gasteiger partial charge in [0.1, 0.15) is 12.7 Å². The van der Waals surface area contributed by atoms with Crippen LogP contribution in [0.5, 0.6) is 11.5 Å². The maximum absolute atomic E-state index is 12.4. The van der Waals surface area contributed by atoms with E-state index >= 15 is 0 Å². The van der Waals surface area contributed by atoms with Crippen molar-refractivity contribution in [1.82, 2.24) is 9.62 Å². The molecule has 7 nitrogen and oxygen atoms in total. The van der Waals surface area contributed by atoms with E-state index in [1.807, 2.05) is 24.3 Å². The van der Waals surface area contributed by atoms with Crippen molar-refractivity contribution in [3.63, 3.8) is 0 Å². The lowest BCUT2D eigenvalue weighted by Gasteiger charge is -2.31. The normalized spacial score (nSPS) is 23.9. The zero-order valence-corrected chi connectivity index (χ0v) is 15.1. The molecule has 0 radical (unpaired) electrons. The van der Waals surface area contributed by atoms with Crippen molar-refractivity contribution >= 4 is 15.9 Å². The predicted molar refractivity (Wildman–Crippen MR) is 93.1 cm³/mol. The Balaban J connectivity index is 1.51. The van der Waals surface area contributed by atoms with E-state index in [2.05, 4.69) is 5.32 Å². The Kier molecular flexibility index (Phi) is 5.48. The van der Waals surface area contributed by atoms with Crippen LogP contribution in [0.3, 0.4) is 0 Å². The Bertz CT molecular complexity index is 722. The molecule has 0 aliphatic carbocycles. The van der Waals surface area contributed by atoms with Crippen LogP contribution in [-0.4, -0.2) is 56.7 Å². The lowest BCUT2D eigenvalue weighted by atomic mass is 9.99. The zero-order chi connectivity index (χ0) is 17.9. The molecular formula is C17H24N2O5S. The molecule has 0 spiro atoms. The van der Waals surface area contributed by atoms with E-state index in [4.69, 9.17) is 9.47 Å². The maximum atomic E-state index is 12.4. The molecule has 0 aromatic heterocycles. The molecule has 25 heavy (non-hydrogen) atoms. The number of rotatable bonds is 5. The molecule has 0 unspecified atom stereocenters. The Morgan fingerprint density at radius 2 is 2.08 bits per heavy atom. The molecule has 3 rings (SSSR count). The second kappa shape index (κ2) is 7.61. The molecular weight excluding hydrogens is 344 g/mol. The van der Waals surface area contributed by atoms with Crippen molar-refractivity contribution in [2.24, 2.45) is 5.92 Å². The molecule has 2 aliphatic heterocycles. The number of amides is 1. The van der Waals surface area contributed by atoms with Crippen molar-refractivity contribution in [2.75, 3.05) is 32.0 Å². The first-order chi connectivity index (χ1) is 12.0. The second-order valence-electron chi connectivity index (χ2n) is 6.34. The molecule has 0 bridgehead atoms. The monoisotopic (exact) mass is 368 g/mol. The lowest BCUT2D eigenvalue weighted by molar-refractivity contribution is -0.126. The molecule has 1 saturated heterocycles. The summed E-state index contributed by atoms with van der Waals surface area (Å²) in [7, 11) is -3.25. The van der Waals surface area contributed by atoms with Crippen molar-refractivity contribution in [2.45, 2.75) is 25.9 Å². The van der Waals surface area contributed by atoms with Crippen LogP contribution in [0.25, 0.3) is 0 Å². The van der Waals surface area contributed by atoms with Crippen LogP contribution >= 0.6 is 0 Å². The van der Waals surface area contributed by atoms with Gasteiger partial charge in [-0.05, 0) is 31.9 Å². The van der Waals surface area contributed by atoms with Gasteiger partial charge < -0.3 is 14.8 Å². The minimum Gasteiger partial charge on any atom is -0.486 e. The van der Waals surface area contributed by atoms with Gasteiger partial charge in [-0.1, -0.05) is 12.1 Å². The topological polar surface area (TPSA) is 84.9 Å². The average Bonchev–Trinajstić information content (AvgIpc) is 2.66. The number of benzene rings is 1. The third-order valence-corrected chi connectivity index (χ3v) is 6.43. The minimum atomic E-state index is -3.25.